The Bertz CT molecular complexity index is 1320. The number of aryl methyl sites for hydroxylation is 2. The molecule has 0 saturated heterocycles. The van der Waals surface area contributed by atoms with Crippen molar-refractivity contribution in [2.75, 3.05) is 17.2 Å². The molecule has 0 bridgehead atoms. The first-order valence-electron chi connectivity index (χ1n) is 12.0. The van der Waals surface area contributed by atoms with E-state index in [9.17, 15) is 26.4 Å². The van der Waals surface area contributed by atoms with Crippen molar-refractivity contribution in [3.63, 3.8) is 0 Å². The molecule has 2 heterocycles. The van der Waals surface area contributed by atoms with Gasteiger partial charge in [-0.15, -0.1) is 11.3 Å². The molecule has 202 valence electrons. The quantitative estimate of drug-likeness (QED) is 0.339. The number of aromatic nitrogens is 2. The molecule has 37 heavy (non-hydrogen) atoms. The molecule has 2 fully saturated rings. The Morgan fingerprint density at radius 3 is 2.65 bits per heavy atom. The minimum Gasteiger partial charge on any atom is -0.359 e. The molecular formula is C22H27F3N6O3S3. The number of nitrogens with zero attached hydrogens (tertiary/aromatic N) is 2. The van der Waals surface area contributed by atoms with Gasteiger partial charge < -0.3 is 16.0 Å². The number of halogens is 3. The van der Waals surface area contributed by atoms with E-state index in [2.05, 4.69) is 25.8 Å². The van der Waals surface area contributed by atoms with Crippen LogP contribution in [0.4, 0.5) is 24.0 Å². The molecule has 2 aromatic heterocycles. The van der Waals surface area contributed by atoms with Crippen LogP contribution in [0.1, 0.15) is 48.2 Å². The zero-order valence-corrected chi connectivity index (χ0v) is 22.3. The van der Waals surface area contributed by atoms with Gasteiger partial charge in [-0.1, -0.05) is 0 Å². The summed E-state index contributed by atoms with van der Waals surface area (Å²) in [6.45, 7) is 0.330. The second-order valence-corrected chi connectivity index (χ2v) is 12.9. The van der Waals surface area contributed by atoms with Gasteiger partial charge >= 0.3 is 0 Å². The van der Waals surface area contributed by atoms with Gasteiger partial charge in [0.15, 0.2) is 5.11 Å². The summed E-state index contributed by atoms with van der Waals surface area (Å²) in [5.41, 5.74) is 0.227. The monoisotopic (exact) mass is 576 g/mol. The number of thiocarbonyl (C=S) groups is 1. The van der Waals surface area contributed by atoms with E-state index < -0.39 is 34.4 Å². The van der Waals surface area contributed by atoms with Crippen LogP contribution in [-0.2, 0) is 34.7 Å². The third-order valence-electron chi connectivity index (χ3n) is 6.73. The van der Waals surface area contributed by atoms with Crippen molar-refractivity contribution in [3.05, 3.63) is 22.2 Å². The van der Waals surface area contributed by atoms with Crippen LogP contribution in [0.15, 0.2) is 11.0 Å². The van der Waals surface area contributed by atoms with Crippen molar-refractivity contribution < 1.29 is 26.4 Å². The zero-order chi connectivity index (χ0) is 26.5. The Labute approximate surface area is 221 Å². The average Bonchev–Trinajstić information content (AvgIpc) is 3.72. The first kappa shape index (κ1) is 26.4. The van der Waals surface area contributed by atoms with Crippen molar-refractivity contribution in [1.82, 2.24) is 19.8 Å². The number of nitrogens with one attached hydrogen (secondary N) is 4. The van der Waals surface area contributed by atoms with Crippen LogP contribution in [0.3, 0.4) is 0 Å². The topological polar surface area (TPSA) is 117 Å². The summed E-state index contributed by atoms with van der Waals surface area (Å²) >= 11 is 6.58. The maximum Gasteiger partial charge on any atom is 0.282 e. The highest BCUT2D eigenvalue weighted by Gasteiger charge is 2.44. The summed E-state index contributed by atoms with van der Waals surface area (Å²) in [6.07, 6.45) is -0.299. The van der Waals surface area contributed by atoms with Gasteiger partial charge in [0.1, 0.15) is 27.6 Å². The number of carbonyl (C=O) groups excluding carboxylic acids is 1. The van der Waals surface area contributed by atoms with Gasteiger partial charge in [-0.2, -0.15) is 5.10 Å². The molecular weight excluding hydrogens is 549 g/mol. The first-order valence-corrected chi connectivity index (χ1v) is 14.7. The highest BCUT2D eigenvalue weighted by Crippen LogP contribution is 2.43. The van der Waals surface area contributed by atoms with Gasteiger partial charge in [-0.05, 0) is 62.2 Å². The maximum atomic E-state index is 13.4. The minimum absolute atomic E-state index is 0.0381. The third kappa shape index (κ3) is 5.94. The first-order chi connectivity index (χ1) is 17.5. The van der Waals surface area contributed by atoms with E-state index in [1.165, 1.54) is 29.1 Å². The summed E-state index contributed by atoms with van der Waals surface area (Å²) in [4.78, 5) is 13.3. The summed E-state index contributed by atoms with van der Waals surface area (Å²) < 4.78 is 70.0. The van der Waals surface area contributed by atoms with E-state index in [4.69, 9.17) is 12.2 Å². The Hall–Kier alpha value is -2.23. The van der Waals surface area contributed by atoms with E-state index in [1.54, 1.807) is 0 Å². The van der Waals surface area contributed by atoms with E-state index in [-0.39, 0.29) is 33.2 Å². The number of alkyl halides is 3. The van der Waals surface area contributed by atoms with Gasteiger partial charge in [0.2, 0.25) is 15.9 Å². The molecule has 4 N–H and O–H groups in total. The smallest absolute Gasteiger partial charge is 0.282 e. The fourth-order valence-corrected chi connectivity index (χ4v) is 7.72. The Balaban J connectivity index is 1.33. The van der Waals surface area contributed by atoms with E-state index in [0.717, 1.165) is 17.7 Å². The molecule has 0 aromatic carbocycles. The third-order valence-corrected chi connectivity index (χ3v) is 9.82. The normalized spacial score (nSPS) is 23.0. The molecule has 0 spiro atoms. The largest absolute Gasteiger partial charge is 0.359 e. The lowest BCUT2D eigenvalue weighted by molar-refractivity contribution is -0.117. The van der Waals surface area contributed by atoms with Gasteiger partial charge in [0.25, 0.3) is 6.43 Å². The fourth-order valence-electron chi connectivity index (χ4n) is 4.36. The molecule has 15 heteroatoms. The van der Waals surface area contributed by atoms with E-state index in [1.807, 2.05) is 0 Å². The van der Waals surface area contributed by atoms with Gasteiger partial charge in [0, 0.05) is 30.6 Å². The van der Waals surface area contributed by atoms with Crippen molar-refractivity contribution in [3.8, 4) is 0 Å². The second-order valence-electron chi connectivity index (χ2n) is 9.72. The Morgan fingerprint density at radius 2 is 2.03 bits per heavy atom. The molecule has 2 aromatic rings. The van der Waals surface area contributed by atoms with Crippen LogP contribution in [0, 0.1) is 11.8 Å². The fraction of sp³-hybridized carbons (Fsp3) is 0.591. The molecule has 0 aliphatic heterocycles. The number of fused-ring (bicyclic) bond motifs is 1. The minimum atomic E-state index is -3.93. The molecule has 9 nitrogen and oxygen atoms in total. The van der Waals surface area contributed by atoms with E-state index in [0.29, 0.717) is 43.1 Å². The Kier molecular flexibility index (Phi) is 7.24. The molecule has 0 radical (unpaired) electrons. The number of hydrogen-bond donors (Lipinski definition) is 4. The standard InChI is InChI=1S/C22H27F3N6O3S3/c1-31-17(8-15(30-31)19(24)25)28-22(35)27-11-4-5-16-13(6-11)18(37(33,34)26-9-10-2-3-10)21(36-16)29-20(32)12-7-14(12)23/h8,10-12,14,19,26H,2-7,9H2,1H3,(H,29,32)(H2,27,28,35)/t11-,12-,14-/m0/s1. The molecule has 3 aliphatic rings. The summed E-state index contributed by atoms with van der Waals surface area (Å²) in [6, 6.07) is 0.980. The lowest BCUT2D eigenvalue weighted by atomic mass is 9.94. The van der Waals surface area contributed by atoms with Gasteiger partial charge in [-0.3, -0.25) is 9.48 Å². The zero-order valence-electron chi connectivity index (χ0n) is 19.9. The molecule has 1 amide bonds. The van der Waals surface area contributed by atoms with E-state index >= 15 is 0 Å². The maximum absolute atomic E-state index is 13.4. The van der Waals surface area contributed by atoms with Crippen LogP contribution < -0.4 is 20.7 Å². The van der Waals surface area contributed by atoms with Crippen LogP contribution in [-0.4, -0.2) is 48.0 Å². The highest BCUT2D eigenvalue weighted by atomic mass is 32.2. The van der Waals surface area contributed by atoms with Crippen LogP contribution >= 0.6 is 23.6 Å². The van der Waals surface area contributed by atoms with Crippen LogP contribution in [0.5, 0.6) is 0 Å². The second kappa shape index (κ2) is 10.2. The average molecular weight is 577 g/mol. The van der Waals surface area contributed by atoms with Crippen molar-refractivity contribution in [1.29, 1.82) is 0 Å². The molecule has 5 rings (SSSR count). The predicted molar refractivity (Wildman–Crippen MR) is 137 cm³/mol. The van der Waals surface area contributed by atoms with Crippen LogP contribution in [0.2, 0.25) is 0 Å². The van der Waals surface area contributed by atoms with Gasteiger partial charge in [-0.25, -0.2) is 26.3 Å². The van der Waals surface area contributed by atoms with Crippen molar-refractivity contribution in [2.45, 2.75) is 62.1 Å². The number of thiophene rings is 1. The lowest BCUT2D eigenvalue weighted by Gasteiger charge is -2.25. The Morgan fingerprint density at radius 1 is 1.30 bits per heavy atom. The number of sulfonamides is 1. The van der Waals surface area contributed by atoms with Crippen LogP contribution in [0.25, 0.3) is 0 Å². The number of hydrogen-bond acceptors (Lipinski definition) is 6. The van der Waals surface area contributed by atoms with Crippen molar-refractivity contribution >= 4 is 55.4 Å². The molecule has 2 saturated carbocycles. The van der Waals surface area contributed by atoms with Gasteiger partial charge in [0.05, 0.1) is 5.92 Å². The predicted octanol–water partition coefficient (Wildman–Crippen LogP) is 3.25. The number of carbonyl (C=O) groups is 1. The summed E-state index contributed by atoms with van der Waals surface area (Å²) in [7, 11) is -2.41. The number of amides is 1. The van der Waals surface area contributed by atoms with Crippen molar-refractivity contribution in [2.24, 2.45) is 18.9 Å². The highest BCUT2D eigenvalue weighted by molar-refractivity contribution is 7.90. The summed E-state index contributed by atoms with van der Waals surface area (Å²) in [5.74, 6) is -0.645. The molecule has 3 aliphatic carbocycles. The lowest BCUT2D eigenvalue weighted by Crippen LogP contribution is -2.41. The summed E-state index contributed by atoms with van der Waals surface area (Å²) in [5, 5.41) is 12.8. The SMILES string of the molecule is Cn1nc(C(F)F)cc1NC(=S)N[C@H]1CCc2sc(NC(=O)[C@H]3C[C@@H]3F)c(S(=O)(=O)NCC3CC3)c2C1. The number of rotatable bonds is 9. The molecule has 3 atom stereocenters. The molecule has 0 unspecified atom stereocenters. The number of anilines is 2.